The zero-order chi connectivity index (χ0) is 34.7. The molecule has 0 radical (unpaired) electrons. The first kappa shape index (κ1) is 38.5. The molecule has 1 amide bonds. The number of amides is 1. The molecule has 3 heterocycles. The van der Waals surface area contributed by atoms with E-state index in [1.807, 2.05) is 0 Å². The maximum Gasteiger partial charge on any atom is 0.250 e. The molecular formula is C26H51N7O14. The Labute approximate surface area is 270 Å². The minimum Gasteiger partial charge on any atom is -0.394 e. The maximum atomic E-state index is 12.5. The van der Waals surface area contributed by atoms with Crippen LogP contribution in [0.3, 0.4) is 0 Å². The molecule has 0 aromatic carbocycles. The van der Waals surface area contributed by atoms with E-state index >= 15 is 0 Å². The molecule has 3 aliphatic heterocycles. The number of rotatable bonds is 12. The minimum atomic E-state index is -1.68. The second-order valence-electron chi connectivity index (χ2n) is 12.4. The molecule has 4 aliphatic rings. The Morgan fingerprint density at radius 1 is 0.745 bits per heavy atom. The molecule has 21 heteroatoms. The van der Waals surface area contributed by atoms with Gasteiger partial charge < -0.3 is 104 Å². The van der Waals surface area contributed by atoms with Gasteiger partial charge in [-0.1, -0.05) is 0 Å². The number of aliphatic hydroxyl groups is 7. The molecule has 1 aliphatic carbocycles. The Morgan fingerprint density at radius 3 is 1.98 bits per heavy atom. The van der Waals surface area contributed by atoms with Crippen molar-refractivity contribution >= 4 is 5.91 Å². The molecule has 1 saturated carbocycles. The van der Waals surface area contributed by atoms with Crippen molar-refractivity contribution in [3.8, 4) is 0 Å². The highest BCUT2D eigenvalue weighted by atomic mass is 16.8. The van der Waals surface area contributed by atoms with E-state index in [0.717, 1.165) is 0 Å². The largest absolute Gasteiger partial charge is 0.394 e. The van der Waals surface area contributed by atoms with Crippen LogP contribution >= 0.6 is 0 Å². The summed E-state index contributed by atoms with van der Waals surface area (Å²) >= 11 is 0. The number of hydrogen-bond donors (Lipinski definition) is 14. The predicted molar refractivity (Wildman–Crippen MR) is 156 cm³/mol. The van der Waals surface area contributed by atoms with Gasteiger partial charge in [0.1, 0.15) is 61.0 Å². The highest BCUT2D eigenvalue weighted by Gasteiger charge is 2.54. The van der Waals surface area contributed by atoms with Crippen molar-refractivity contribution in [2.24, 2.45) is 34.4 Å². The SMILES string of the molecule is NC[C@@H]1C[C@@H](O)[C@@H](N)[C@@H](O[C@H]2[C@H](O[C@@H]3O[C@H](CO)[C@@H](O[C@H]4O[C@@H](CN)[C@@H](O)[C@H](O)[C@H]4N)[C@H]3O)[C@@H](O)[C@H](NC(=O)[C@H](O)CN)C[C@@H]2N)O1. The summed E-state index contributed by atoms with van der Waals surface area (Å²) in [6, 6.07) is -4.43. The molecule has 0 aromatic heterocycles. The Kier molecular flexibility index (Phi) is 13.6. The van der Waals surface area contributed by atoms with Gasteiger partial charge in [0.25, 0.3) is 0 Å². The van der Waals surface area contributed by atoms with E-state index in [4.69, 9.17) is 62.8 Å². The van der Waals surface area contributed by atoms with Crippen LogP contribution in [0.25, 0.3) is 0 Å². The lowest BCUT2D eigenvalue weighted by Crippen LogP contribution is -2.68. The van der Waals surface area contributed by atoms with Crippen molar-refractivity contribution in [2.75, 3.05) is 26.2 Å². The Hall–Kier alpha value is -1.29. The summed E-state index contributed by atoms with van der Waals surface area (Å²) in [7, 11) is 0. The van der Waals surface area contributed by atoms with Gasteiger partial charge in [-0.25, -0.2) is 0 Å². The second kappa shape index (κ2) is 16.6. The molecule has 19 atom stereocenters. The first-order valence-corrected chi connectivity index (χ1v) is 15.5. The highest BCUT2D eigenvalue weighted by molar-refractivity contribution is 5.81. The zero-order valence-electron chi connectivity index (χ0n) is 25.7. The molecule has 4 fully saturated rings. The van der Waals surface area contributed by atoms with Gasteiger partial charge in [-0.15, -0.1) is 0 Å². The number of ether oxygens (including phenoxy) is 6. The van der Waals surface area contributed by atoms with Crippen molar-refractivity contribution in [3.63, 3.8) is 0 Å². The molecule has 0 bridgehead atoms. The smallest absolute Gasteiger partial charge is 0.250 e. The van der Waals surface area contributed by atoms with E-state index in [9.17, 15) is 40.5 Å². The van der Waals surface area contributed by atoms with Crippen molar-refractivity contribution in [1.82, 2.24) is 5.32 Å². The van der Waals surface area contributed by atoms with Crippen LogP contribution in [0.15, 0.2) is 0 Å². The highest BCUT2D eigenvalue weighted by Crippen LogP contribution is 2.34. The van der Waals surface area contributed by atoms with Crippen LogP contribution in [0.4, 0.5) is 0 Å². The first-order valence-electron chi connectivity index (χ1n) is 15.5. The molecule has 3 saturated heterocycles. The third-order valence-electron chi connectivity index (χ3n) is 9.05. The normalized spacial score (nSPS) is 48.3. The van der Waals surface area contributed by atoms with Crippen LogP contribution in [-0.4, -0.2) is 184 Å². The van der Waals surface area contributed by atoms with E-state index in [-0.39, 0.29) is 25.9 Å². The summed E-state index contributed by atoms with van der Waals surface area (Å²) in [5, 5.41) is 76.2. The van der Waals surface area contributed by atoms with Gasteiger partial charge in [-0.2, -0.15) is 0 Å². The van der Waals surface area contributed by atoms with Gasteiger partial charge >= 0.3 is 0 Å². The number of aliphatic hydroxyl groups excluding tert-OH is 7. The monoisotopic (exact) mass is 685 g/mol. The second-order valence-corrected chi connectivity index (χ2v) is 12.4. The van der Waals surface area contributed by atoms with E-state index in [1.165, 1.54) is 0 Å². The number of nitrogens with one attached hydrogen (secondary N) is 1. The number of carbonyl (C=O) groups excluding carboxylic acids is 1. The number of nitrogens with two attached hydrogens (primary N) is 6. The molecule has 47 heavy (non-hydrogen) atoms. The Bertz CT molecular complexity index is 1010. The van der Waals surface area contributed by atoms with Crippen LogP contribution in [0, 0.1) is 0 Å². The van der Waals surface area contributed by atoms with Crippen molar-refractivity contribution in [1.29, 1.82) is 0 Å². The summed E-state index contributed by atoms with van der Waals surface area (Å²) in [6.45, 7) is -1.23. The van der Waals surface area contributed by atoms with E-state index in [0.29, 0.717) is 0 Å². The fourth-order valence-electron chi connectivity index (χ4n) is 6.19. The molecule has 0 unspecified atom stereocenters. The number of carbonyl (C=O) groups is 1. The van der Waals surface area contributed by atoms with Crippen molar-refractivity contribution < 1.29 is 69.0 Å². The number of hydrogen-bond acceptors (Lipinski definition) is 20. The van der Waals surface area contributed by atoms with Crippen LogP contribution in [0.2, 0.25) is 0 Å². The lowest BCUT2D eigenvalue weighted by atomic mass is 9.83. The van der Waals surface area contributed by atoms with Crippen LogP contribution in [-0.2, 0) is 33.2 Å². The molecule has 274 valence electrons. The lowest BCUT2D eigenvalue weighted by molar-refractivity contribution is -0.295. The average molecular weight is 686 g/mol. The van der Waals surface area contributed by atoms with Crippen LogP contribution < -0.4 is 39.7 Å². The maximum absolute atomic E-state index is 12.5. The minimum absolute atomic E-state index is 0.0446. The third kappa shape index (κ3) is 8.37. The lowest BCUT2D eigenvalue weighted by Gasteiger charge is -2.47. The molecule has 0 aromatic rings. The Morgan fingerprint density at radius 2 is 1.36 bits per heavy atom. The fraction of sp³-hybridized carbons (Fsp3) is 0.962. The van der Waals surface area contributed by atoms with E-state index < -0.39 is 135 Å². The molecule has 0 spiro atoms. The average Bonchev–Trinajstić information content (AvgIpc) is 3.35. The van der Waals surface area contributed by atoms with Gasteiger partial charge in [-0.05, 0) is 6.42 Å². The van der Waals surface area contributed by atoms with Crippen molar-refractivity contribution in [3.05, 3.63) is 0 Å². The summed E-state index contributed by atoms with van der Waals surface area (Å²) < 4.78 is 35.1. The van der Waals surface area contributed by atoms with E-state index in [1.54, 1.807) is 0 Å². The van der Waals surface area contributed by atoms with Crippen LogP contribution in [0.5, 0.6) is 0 Å². The van der Waals surface area contributed by atoms with Gasteiger partial charge in [0, 0.05) is 32.1 Å². The first-order chi connectivity index (χ1) is 22.3. The summed E-state index contributed by atoms with van der Waals surface area (Å²) in [6.07, 6.45) is -20.1. The van der Waals surface area contributed by atoms with Gasteiger partial charge in [0.2, 0.25) is 5.91 Å². The van der Waals surface area contributed by atoms with Gasteiger partial charge in [-0.3, -0.25) is 4.79 Å². The van der Waals surface area contributed by atoms with Crippen LogP contribution in [0.1, 0.15) is 12.8 Å². The fourth-order valence-corrected chi connectivity index (χ4v) is 6.19. The molecule has 21 nitrogen and oxygen atoms in total. The predicted octanol–water partition coefficient (Wildman–Crippen LogP) is -9.39. The molecular weight excluding hydrogens is 634 g/mol. The summed E-state index contributed by atoms with van der Waals surface area (Å²) in [5.74, 6) is -0.883. The summed E-state index contributed by atoms with van der Waals surface area (Å²) in [5.41, 5.74) is 35.4. The summed E-state index contributed by atoms with van der Waals surface area (Å²) in [4.78, 5) is 12.5. The van der Waals surface area contributed by atoms with Gasteiger partial charge in [0.15, 0.2) is 18.9 Å². The quantitative estimate of drug-likeness (QED) is 0.0906. The van der Waals surface area contributed by atoms with Gasteiger partial charge in [0.05, 0.1) is 36.9 Å². The third-order valence-corrected chi connectivity index (χ3v) is 9.05. The Balaban J connectivity index is 1.56. The molecule has 20 N–H and O–H groups in total. The van der Waals surface area contributed by atoms with E-state index in [2.05, 4.69) is 5.32 Å². The topological polar surface area (TPSA) is 382 Å². The van der Waals surface area contributed by atoms with Crippen molar-refractivity contribution in [2.45, 2.75) is 129 Å². The zero-order valence-corrected chi connectivity index (χ0v) is 25.7. The molecule has 4 rings (SSSR count). The standard InChI is InChI=1S/C26H51N7O14/c27-3-7-1-10(35)14(31)24(42-7)45-20-8(30)2-9(33-23(41)11(36)4-28)16(37)22(20)47-26-19(40)21(13(6-34)44-26)46-25-15(32)18(39)17(38)12(5-29)43-25/h7-22,24-26,34-40H,1-6,27-32H2,(H,33,41)/t7-,8-,9+,10+,11+,12-,13+,14+,15+,16-,17+,18+,19+,20+,21+,22+,24+,25+,26-/m0/s1.